The molecule has 1 aromatic heterocycles. The van der Waals surface area contributed by atoms with E-state index in [9.17, 15) is 9.59 Å². The molecule has 0 aliphatic carbocycles. The van der Waals surface area contributed by atoms with Crippen molar-refractivity contribution in [2.45, 2.75) is 12.5 Å². The van der Waals surface area contributed by atoms with Gasteiger partial charge < -0.3 is 19.5 Å². The fraction of sp³-hybridized carbons (Fsp3) is 0.278. The van der Waals surface area contributed by atoms with Crippen molar-refractivity contribution >= 4 is 11.9 Å². The van der Waals surface area contributed by atoms with Crippen LogP contribution in [0, 0.1) is 0 Å². The molecule has 1 fully saturated rings. The molecule has 1 atom stereocenters. The number of nitrogens with zero attached hydrogens (tertiary/aromatic N) is 2. The molecule has 1 aliphatic rings. The van der Waals surface area contributed by atoms with Gasteiger partial charge in [-0.2, -0.15) is 0 Å². The van der Waals surface area contributed by atoms with Crippen LogP contribution < -0.4 is 4.74 Å². The lowest BCUT2D eigenvalue weighted by Gasteiger charge is -2.34. The van der Waals surface area contributed by atoms with E-state index in [2.05, 4.69) is 4.98 Å². The lowest BCUT2D eigenvalue weighted by Crippen LogP contribution is -2.49. The van der Waals surface area contributed by atoms with E-state index in [0.717, 1.165) is 0 Å². The largest absolute Gasteiger partial charge is 0.481 e. The van der Waals surface area contributed by atoms with E-state index >= 15 is 0 Å². The van der Waals surface area contributed by atoms with Crippen molar-refractivity contribution in [1.29, 1.82) is 0 Å². The molecule has 1 aromatic carbocycles. The Kier molecular flexibility index (Phi) is 5.25. The molecule has 1 aliphatic heterocycles. The zero-order chi connectivity index (χ0) is 17.6. The Bertz CT molecular complexity index is 733. The number of aliphatic carboxylic acids is 1. The fourth-order valence-electron chi connectivity index (χ4n) is 2.67. The summed E-state index contributed by atoms with van der Waals surface area (Å²) in [5.41, 5.74) is 0.482. The maximum atomic E-state index is 12.7. The first kappa shape index (κ1) is 16.9. The Morgan fingerprint density at radius 1 is 1.24 bits per heavy atom. The van der Waals surface area contributed by atoms with E-state index in [1.54, 1.807) is 53.7 Å². The topological polar surface area (TPSA) is 89.0 Å². The van der Waals surface area contributed by atoms with Gasteiger partial charge in [0.15, 0.2) is 0 Å². The second kappa shape index (κ2) is 7.76. The molecule has 1 amide bonds. The standard InChI is InChI=1S/C18H18N2O5/c21-17(22)10-14-12-24-9-8-20(14)18(23)13-3-5-15(6-4-13)25-16-2-1-7-19-11-16/h1-7,11,14H,8-10,12H2,(H,21,22). The molecule has 1 saturated heterocycles. The molecular weight excluding hydrogens is 324 g/mol. The van der Waals surface area contributed by atoms with Gasteiger partial charge in [-0.25, -0.2) is 0 Å². The molecule has 0 bridgehead atoms. The summed E-state index contributed by atoms with van der Waals surface area (Å²) in [5, 5.41) is 9.00. The highest BCUT2D eigenvalue weighted by atomic mass is 16.5. The number of hydrogen-bond donors (Lipinski definition) is 1. The zero-order valence-corrected chi connectivity index (χ0v) is 13.5. The molecule has 0 saturated carbocycles. The highest BCUT2D eigenvalue weighted by Crippen LogP contribution is 2.22. The van der Waals surface area contributed by atoms with Crippen molar-refractivity contribution in [2.24, 2.45) is 0 Å². The highest BCUT2D eigenvalue weighted by molar-refractivity contribution is 5.94. The van der Waals surface area contributed by atoms with Gasteiger partial charge in [0.05, 0.1) is 31.9 Å². The SMILES string of the molecule is O=C(O)CC1COCCN1C(=O)c1ccc(Oc2cccnc2)cc1. The number of benzene rings is 1. The van der Waals surface area contributed by atoms with Gasteiger partial charge >= 0.3 is 5.97 Å². The van der Waals surface area contributed by atoms with Crippen LogP contribution >= 0.6 is 0 Å². The van der Waals surface area contributed by atoms with Crippen LogP contribution in [-0.4, -0.2) is 52.7 Å². The molecule has 1 unspecified atom stereocenters. The molecule has 0 radical (unpaired) electrons. The summed E-state index contributed by atoms with van der Waals surface area (Å²) in [6, 6.07) is 9.84. The van der Waals surface area contributed by atoms with Gasteiger partial charge in [0, 0.05) is 18.3 Å². The number of carboxylic acids is 1. The Labute approximate surface area is 144 Å². The van der Waals surface area contributed by atoms with E-state index in [0.29, 0.717) is 30.2 Å². The number of aromatic nitrogens is 1. The van der Waals surface area contributed by atoms with Crippen molar-refractivity contribution in [3.63, 3.8) is 0 Å². The fourth-order valence-corrected chi connectivity index (χ4v) is 2.67. The van der Waals surface area contributed by atoms with Crippen LogP contribution in [0.1, 0.15) is 16.8 Å². The number of carbonyl (C=O) groups is 2. The molecule has 25 heavy (non-hydrogen) atoms. The maximum absolute atomic E-state index is 12.7. The number of amides is 1. The Balaban J connectivity index is 1.70. The van der Waals surface area contributed by atoms with Crippen LogP contribution in [-0.2, 0) is 9.53 Å². The number of rotatable bonds is 5. The van der Waals surface area contributed by atoms with Crippen LogP contribution in [0.5, 0.6) is 11.5 Å². The summed E-state index contributed by atoms with van der Waals surface area (Å²) in [6.45, 7) is 1.02. The van der Waals surface area contributed by atoms with Gasteiger partial charge in [-0.1, -0.05) is 0 Å². The van der Waals surface area contributed by atoms with Gasteiger partial charge in [-0.05, 0) is 36.4 Å². The molecular formula is C18H18N2O5. The first-order chi connectivity index (χ1) is 12.1. The lowest BCUT2D eigenvalue weighted by molar-refractivity contribution is -0.139. The van der Waals surface area contributed by atoms with Crippen molar-refractivity contribution in [3.05, 3.63) is 54.4 Å². The predicted molar refractivity (Wildman–Crippen MR) is 88.6 cm³/mol. The predicted octanol–water partition coefficient (Wildman–Crippen LogP) is 2.19. The molecule has 0 spiro atoms. The van der Waals surface area contributed by atoms with E-state index in [4.69, 9.17) is 14.6 Å². The average Bonchev–Trinajstić information content (AvgIpc) is 2.63. The lowest BCUT2D eigenvalue weighted by atomic mass is 10.1. The number of carbonyl (C=O) groups excluding carboxylic acids is 1. The smallest absolute Gasteiger partial charge is 0.305 e. The maximum Gasteiger partial charge on any atom is 0.305 e. The first-order valence-electron chi connectivity index (χ1n) is 7.92. The molecule has 1 N–H and O–H groups in total. The van der Waals surface area contributed by atoms with Gasteiger partial charge in [0.1, 0.15) is 11.5 Å². The minimum Gasteiger partial charge on any atom is -0.481 e. The number of ether oxygens (including phenoxy) is 2. The van der Waals surface area contributed by atoms with Crippen molar-refractivity contribution in [1.82, 2.24) is 9.88 Å². The summed E-state index contributed by atoms with van der Waals surface area (Å²) in [6.07, 6.45) is 3.13. The number of carboxylic acid groups (broad SMARTS) is 1. The number of pyridine rings is 1. The van der Waals surface area contributed by atoms with Crippen molar-refractivity contribution in [3.8, 4) is 11.5 Å². The van der Waals surface area contributed by atoms with Gasteiger partial charge in [0.2, 0.25) is 0 Å². The summed E-state index contributed by atoms with van der Waals surface area (Å²) in [4.78, 5) is 29.2. The van der Waals surface area contributed by atoms with Crippen LogP contribution in [0.4, 0.5) is 0 Å². The summed E-state index contributed by atoms with van der Waals surface area (Å²) in [5.74, 6) is 0.0425. The number of hydrogen-bond acceptors (Lipinski definition) is 5. The number of morpholine rings is 1. The molecule has 7 nitrogen and oxygen atoms in total. The molecule has 130 valence electrons. The van der Waals surface area contributed by atoms with Crippen LogP contribution in [0.3, 0.4) is 0 Å². The third-order valence-electron chi connectivity index (χ3n) is 3.87. The van der Waals surface area contributed by atoms with Gasteiger partial charge in [-0.3, -0.25) is 14.6 Å². The normalized spacial score (nSPS) is 17.1. The summed E-state index contributed by atoms with van der Waals surface area (Å²) < 4.78 is 10.9. The van der Waals surface area contributed by atoms with Crippen LogP contribution in [0.25, 0.3) is 0 Å². The van der Waals surface area contributed by atoms with E-state index in [1.807, 2.05) is 0 Å². The van der Waals surface area contributed by atoms with Gasteiger partial charge in [-0.15, -0.1) is 0 Å². The molecule has 2 aromatic rings. The summed E-state index contributed by atoms with van der Waals surface area (Å²) in [7, 11) is 0. The minimum atomic E-state index is -0.950. The average molecular weight is 342 g/mol. The van der Waals surface area contributed by atoms with E-state index in [-0.39, 0.29) is 18.9 Å². The molecule has 3 rings (SSSR count). The van der Waals surface area contributed by atoms with Crippen LogP contribution in [0.2, 0.25) is 0 Å². The second-order valence-corrected chi connectivity index (χ2v) is 5.64. The highest BCUT2D eigenvalue weighted by Gasteiger charge is 2.29. The minimum absolute atomic E-state index is 0.131. The quantitative estimate of drug-likeness (QED) is 0.896. The van der Waals surface area contributed by atoms with Crippen molar-refractivity contribution < 1.29 is 24.2 Å². The Hall–Kier alpha value is -2.93. The third-order valence-corrected chi connectivity index (χ3v) is 3.87. The molecule has 2 heterocycles. The summed E-state index contributed by atoms with van der Waals surface area (Å²) >= 11 is 0. The monoisotopic (exact) mass is 342 g/mol. The van der Waals surface area contributed by atoms with E-state index in [1.165, 1.54) is 0 Å². The Morgan fingerprint density at radius 3 is 2.72 bits per heavy atom. The van der Waals surface area contributed by atoms with Crippen LogP contribution in [0.15, 0.2) is 48.8 Å². The van der Waals surface area contributed by atoms with E-state index < -0.39 is 12.0 Å². The third kappa shape index (κ3) is 4.33. The zero-order valence-electron chi connectivity index (χ0n) is 13.5. The molecule has 7 heteroatoms. The Morgan fingerprint density at radius 2 is 2.04 bits per heavy atom. The first-order valence-corrected chi connectivity index (χ1v) is 7.92. The van der Waals surface area contributed by atoms with Gasteiger partial charge in [0.25, 0.3) is 5.91 Å². The van der Waals surface area contributed by atoms with Crippen molar-refractivity contribution in [2.75, 3.05) is 19.8 Å². The second-order valence-electron chi connectivity index (χ2n) is 5.64.